The van der Waals surface area contributed by atoms with Crippen molar-refractivity contribution in [1.82, 2.24) is 4.98 Å². The molecule has 1 aliphatic rings. The van der Waals surface area contributed by atoms with Crippen molar-refractivity contribution < 1.29 is 14.4 Å². The van der Waals surface area contributed by atoms with Crippen molar-refractivity contribution in [3.05, 3.63) is 40.9 Å². The van der Waals surface area contributed by atoms with Gasteiger partial charge in [-0.25, -0.2) is 4.98 Å². The van der Waals surface area contributed by atoms with E-state index in [1.807, 2.05) is 24.3 Å². The molecule has 6 nitrogen and oxygen atoms in total. The zero-order chi connectivity index (χ0) is 16.6. The summed E-state index contributed by atoms with van der Waals surface area (Å²) in [5.41, 5.74) is 2.02. The van der Waals surface area contributed by atoms with Gasteiger partial charge < -0.3 is 10.2 Å². The van der Waals surface area contributed by atoms with Crippen LogP contribution in [0.1, 0.15) is 35.3 Å². The number of hydrogen-bond donors (Lipinski definition) is 1. The molecule has 0 spiro atoms. The van der Waals surface area contributed by atoms with Crippen LogP contribution in [-0.2, 0) is 9.59 Å². The monoisotopic (exact) mass is 329 g/mol. The predicted octanol–water partition coefficient (Wildman–Crippen LogP) is 2.43. The van der Waals surface area contributed by atoms with Crippen LogP contribution in [0.5, 0.6) is 0 Å². The number of ketones is 1. The third kappa shape index (κ3) is 2.87. The third-order valence-corrected chi connectivity index (χ3v) is 4.56. The van der Waals surface area contributed by atoms with Gasteiger partial charge in [0.25, 0.3) is 0 Å². The second kappa shape index (κ2) is 5.92. The van der Waals surface area contributed by atoms with Crippen molar-refractivity contribution in [2.45, 2.75) is 19.3 Å². The number of nitrogens with one attached hydrogen (secondary N) is 1. The number of carbonyl (C=O) groups excluding carboxylic acids is 3. The summed E-state index contributed by atoms with van der Waals surface area (Å²) in [6, 6.07) is 7.46. The quantitative estimate of drug-likeness (QED) is 0.874. The minimum Gasteiger partial charge on any atom is -0.315 e. The maximum Gasteiger partial charge on any atom is 0.234 e. The van der Waals surface area contributed by atoms with Crippen molar-refractivity contribution in [2.75, 3.05) is 17.3 Å². The highest BCUT2D eigenvalue weighted by atomic mass is 32.1. The maximum atomic E-state index is 12.3. The molecule has 1 aromatic carbocycles. The number of fused-ring (bicyclic) bond motifs is 1. The standard InChI is InChI=1S/C16H15N3O3S/c1-9(20)12-8-23-16(17-12)18-14(21)7-11-10-5-3-4-6-13(10)19(2)15(11)22/h3-6,8,11H,7H2,1-2H3,(H,17,18,21)/t11-/m0/s1. The number of nitrogens with zero attached hydrogens (tertiary/aromatic N) is 2. The topological polar surface area (TPSA) is 79.4 Å². The molecule has 7 heteroatoms. The van der Waals surface area contributed by atoms with Gasteiger partial charge in [-0.3, -0.25) is 14.4 Å². The van der Waals surface area contributed by atoms with E-state index in [0.29, 0.717) is 10.8 Å². The number of Topliss-reactive ketones (excluding diaryl/α,β-unsaturated/α-hetero) is 1. The molecule has 1 aliphatic heterocycles. The van der Waals surface area contributed by atoms with Crippen molar-refractivity contribution in [3.8, 4) is 0 Å². The Bertz CT molecular complexity index is 799. The number of hydrogen-bond acceptors (Lipinski definition) is 5. The summed E-state index contributed by atoms with van der Waals surface area (Å²) in [4.78, 5) is 41.4. The van der Waals surface area contributed by atoms with Crippen LogP contribution in [0.15, 0.2) is 29.6 Å². The second-order valence-electron chi connectivity index (χ2n) is 5.36. The minimum atomic E-state index is -0.483. The van der Waals surface area contributed by atoms with Crippen molar-refractivity contribution >= 4 is 39.8 Å². The molecule has 0 saturated carbocycles. The normalized spacial score (nSPS) is 16.3. The molecular weight excluding hydrogens is 314 g/mol. The average molecular weight is 329 g/mol. The zero-order valence-corrected chi connectivity index (χ0v) is 13.5. The number of aromatic nitrogens is 1. The largest absolute Gasteiger partial charge is 0.315 e. The summed E-state index contributed by atoms with van der Waals surface area (Å²) in [5, 5.41) is 4.62. The van der Waals surface area contributed by atoms with Gasteiger partial charge in [0.15, 0.2) is 10.9 Å². The lowest BCUT2D eigenvalue weighted by Crippen LogP contribution is -2.26. The summed E-state index contributed by atoms with van der Waals surface area (Å²) in [5.74, 6) is -1.02. The molecule has 1 atom stereocenters. The molecule has 1 aromatic heterocycles. The van der Waals surface area contributed by atoms with Crippen LogP contribution >= 0.6 is 11.3 Å². The van der Waals surface area contributed by atoms with Gasteiger partial charge in [-0.1, -0.05) is 18.2 Å². The zero-order valence-electron chi connectivity index (χ0n) is 12.7. The summed E-state index contributed by atoms with van der Waals surface area (Å²) < 4.78 is 0. The fraction of sp³-hybridized carbons (Fsp3) is 0.250. The highest BCUT2D eigenvalue weighted by Crippen LogP contribution is 2.38. The van der Waals surface area contributed by atoms with E-state index in [1.165, 1.54) is 18.3 Å². The predicted molar refractivity (Wildman–Crippen MR) is 88.0 cm³/mol. The highest BCUT2D eigenvalue weighted by molar-refractivity contribution is 7.14. The molecule has 2 heterocycles. The number of para-hydroxylation sites is 1. The van der Waals surface area contributed by atoms with Crippen LogP contribution < -0.4 is 10.2 Å². The second-order valence-corrected chi connectivity index (χ2v) is 6.21. The lowest BCUT2D eigenvalue weighted by molar-refractivity contribution is -0.123. The Kier molecular flexibility index (Phi) is 3.96. The highest BCUT2D eigenvalue weighted by Gasteiger charge is 2.36. The van der Waals surface area contributed by atoms with Gasteiger partial charge in [-0.05, 0) is 11.6 Å². The number of amides is 2. The lowest BCUT2D eigenvalue weighted by Gasteiger charge is -2.10. The smallest absolute Gasteiger partial charge is 0.234 e. The van der Waals surface area contributed by atoms with Crippen LogP contribution in [0, 0.1) is 0 Å². The van der Waals surface area contributed by atoms with E-state index < -0.39 is 5.92 Å². The first kappa shape index (κ1) is 15.4. The first-order valence-electron chi connectivity index (χ1n) is 7.10. The van der Waals surface area contributed by atoms with E-state index in [-0.39, 0.29) is 24.0 Å². The van der Waals surface area contributed by atoms with Crippen molar-refractivity contribution in [2.24, 2.45) is 0 Å². The van der Waals surface area contributed by atoms with E-state index in [1.54, 1.807) is 17.3 Å². The van der Waals surface area contributed by atoms with Crippen molar-refractivity contribution in [3.63, 3.8) is 0 Å². The van der Waals surface area contributed by atoms with Crippen molar-refractivity contribution in [1.29, 1.82) is 0 Å². The average Bonchev–Trinajstić information content (AvgIpc) is 3.07. The fourth-order valence-corrected chi connectivity index (χ4v) is 3.38. The molecule has 0 radical (unpaired) electrons. The third-order valence-electron chi connectivity index (χ3n) is 3.80. The van der Waals surface area contributed by atoms with Gasteiger partial charge in [0.05, 0.1) is 5.92 Å². The van der Waals surface area contributed by atoms with Crippen LogP contribution in [-0.4, -0.2) is 29.6 Å². The van der Waals surface area contributed by atoms with Crippen LogP contribution in [0.4, 0.5) is 10.8 Å². The summed E-state index contributed by atoms with van der Waals surface area (Å²) in [7, 11) is 1.71. The summed E-state index contributed by atoms with van der Waals surface area (Å²) in [6.07, 6.45) is 0.0508. The molecule has 0 unspecified atom stereocenters. The van der Waals surface area contributed by atoms with Gasteiger partial charge in [0.1, 0.15) is 5.69 Å². The Labute approximate surface area is 137 Å². The number of benzene rings is 1. The Hall–Kier alpha value is -2.54. The van der Waals surface area contributed by atoms with Gasteiger partial charge in [0, 0.05) is 31.5 Å². The molecule has 3 rings (SSSR count). The first-order valence-corrected chi connectivity index (χ1v) is 7.98. The minimum absolute atomic E-state index is 0.0508. The molecule has 2 amide bonds. The van der Waals surface area contributed by atoms with E-state index in [2.05, 4.69) is 10.3 Å². The Morgan fingerprint density at radius 3 is 2.78 bits per heavy atom. The Morgan fingerprint density at radius 1 is 1.35 bits per heavy atom. The van der Waals surface area contributed by atoms with Gasteiger partial charge in [-0.15, -0.1) is 11.3 Å². The Morgan fingerprint density at radius 2 is 2.09 bits per heavy atom. The number of rotatable bonds is 4. The summed E-state index contributed by atoms with van der Waals surface area (Å²) in [6.45, 7) is 1.42. The fourth-order valence-electron chi connectivity index (χ4n) is 2.62. The number of carbonyl (C=O) groups is 3. The Balaban J connectivity index is 1.73. The first-order chi connectivity index (χ1) is 11.0. The molecular formula is C16H15N3O3S. The molecule has 2 aromatic rings. The van der Waals surface area contributed by atoms with Crippen LogP contribution in [0.3, 0.4) is 0 Å². The van der Waals surface area contributed by atoms with E-state index in [4.69, 9.17) is 0 Å². The van der Waals surface area contributed by atoms with E-state index in [9.17, 15) is 14.4 Å². The maximum absolute atomic E-state index is 12.3. The lowest BCUT2D eigenvalue weighted by atomic mass is 9.97. The molecule has 118 valence electrons. The molecule has 0 fully saturated rings. The van der Waals surface area contributed by atoms with E-state index >= 15 is 0 Å². The molecule has 0 bridgehead atoms. The molecule has 0 saturated heterocycles. The molecule has 1 N–H and O–H groups in total. The van der Waals surface area contributed by atoms with Gasteiger partial charge in [-0.2, -0.15) is 0 Å². The summed E-state index contributed by atoms with van der Waals surface area (Å²) >= 11 is 1.19. The van der Waals surface area contributed by atoms with Gasteiger partial charge in [0.2, 0.25) is 11.8 Å². The molecule has 23 heavy (non-hydrogen) atoms. The molecule has 0 aliphatic carbocycles. The van der Waals surface area contributed by atoms with Crippen LogP contribution in [0.2, 0.25) is 0 Å². The SMILES string of the molecule is CC(=O)c1csc(NC(=O)C[C@@H]2C(=O)N(C)c3ccccc32)n1. The number of anilines is 2. The number of thiazole rings is 1. The van der Waals surface area contributed by atoms with Gasteiger partial charge >= 0.3 is 0 Å². The number of likely N-dealkylation sites (N-methyl/N-ethyl adjacent to an activating group) is 1. The van der Waals surface area contributed by atoms with E-state index in [0.717, 1.165) is 11.3 Å². The van der Waals surface area contributed by atoms with Crippen LogP contribution in [0.25, 0.3) is 0 Å².